The molecule has 3 aromatic carbocycles. The average Bonchev–Trinajstić information content (AvgIpc) is 2.87. The van der Waals surface area contributed by atoms with Crippen LogP contribution in [0.3, 0.4) is 0 Å². The van der Waals surface area contributed by atoms with Crippen LogP contribution in [0.5, 0.6) is 5.75 Å². The van der Waals surface area contributed by atoms with Gasteiger partial charge in [-0.15, -0.1) is 0 Å². The molecule has 0 saturated heterocycles. The molecule has 1 heterocycles. The molecule has 6 heteroatoms. The zero-order valence-corrected chi connectivity index (χ0v) is 22.0. The number of fused-ring (bicyclic) bond motifs is 1. The molecule has 37 heavy (non-hydrogen) atoms. The van der Waals surface area contributed by atoms with Crippen LogP contribution in [0, 0.1) is 18.7 Å². The van der Waals surface area contributed by atoms with Crippen LogP contribution in [-0.4, -0.2) is 29.4 Å². The monoisotopic (exact) mass is 502 g/mol. The highest BCUT2D eigenvalue weighted by molar-refractivity contribution is 5.94. The van der Waals surface area contributed by atoms with Gasteiger partial charge < -0.3 is 15.0 Å². The van der Waals surface area contributed by atoms with Crippen LogP contribution >= 0.6 is 0 Å². The number of benzene rings is 3. The third kappa shape index (κ3) is 6.37. The number of nitrogens with zero attached hydrogens (tertiary/aromatic N) is 1. The minimum absolute atomic E-state index is 0.0464. The van der Waals surface area contributed by atoms with E-state index >= 15 is 0 Å². The first kappa shape index (κ1) is 26.4. The molecule has 0 fully saturated rings. The predicted octanol–water partition coefficient (Wildman–Crippen LogP) is 6.45. The molecule has 5 nitrogen and oxygen atoms in total. The molecule has 0 bridgehead atoms. The van der Waals surface area contributed by atoms with Gasteiger partial charge in [0.25, 0.3) is 5.91 Å². The van der Waals surface area contributed by atoms with E-state index in [1.165, 1.54) is 12.1 Å². The lowest BCUT2D eigenvalue weighted by atomic mass is 9.87. The molecule has 0 unspecified atom stereocenters. The maximum Gasteiger partial charge on any atom is 0.265 e. The topological polar surface area (TPSA) is 58.6 Å². The van der Waals surface area contributed by atoms with Gasteiger partial charge in [0.1, 0.15) is 11.6 Å². The lowest BCUT2D eigenvalue weighted by Gasteiger charge is -2.38. The Morgan fingerprint density at radius 2 is 1.84 bits per heavy atom. The summed E-state index contributed by atoms with van der Waals surface area (Å²) in [6, 6.07) is 19.4. The Balaban J connectivity index is 1.63. The largest absolute Gasteiger partial charge is 0.481 e. The van der Waals surface area contributed by atoms with Gasteiger partial charge in [0, 0.05) is 18.7 Å². The second-order valence-electron chi connectivity index (χ2n) is 10.1. The van der Waals surface area contributed by atoms with E-state index in [-0.39, 0.29) is 23.5 Å². The summed E-state index contributed by atoms with van der Waals surface area (Å²) in [7, 11) is 0. The number of hydrogen-bond donors (Lipinski definition) is 1. The fourth-order valence-corrected chi connectivity index (χ4v) is 4.78. The van der Waals surface area contributed by atoms with E-state index in [0.29, 0.717) is 37.2 Å². The second kappa shape index (κ2) is 11.6. The van der Waals surface area contributed by atoms with E-state index in [2.05, 4.69) is 5.32 Å². The highest BCUT2D eigenvalue weighted by atomic mass is 19.1. The van der Waals surface area contributed by atoms with Crippen LogP contribution in [0.4, 0.5) is 10.1 Å². The minimum atomic E-state index is -0.686. The summed E-state index contributed by atoms with van der Waals surface area (Å²) in [5.41, 5.74) is 4.55. The molecule has 2 atom stereocenters. The first-order valence-electron chi connectivity index (χ1n) is 13.0. The second-order valence-corrected chi connectivity index (χ2v) is 10.1. The molecule has 0 spiro atoms. The molecule has 194 valence electrons. The number of anilines is 1. The van der Waals surface area contributed by atoms with E-state index in [9.17, 15) is 14.0 Å². The Bertz CT molecular complexity index is 1260. The fourth-order valence-electron chi connectivity index (χ4n) is 4.78. The van der Waals surface area contributed by atoms with Crippen LogP contribution in [0.15, 0.2) is 66.7 Å². The number of ether oxygens (including phenoxy) is 1. The average molecular weight is 503 g/mol. The Morgan fingerprint density at radius 1 is 1.08 bits per heavy atom. The summed E-state index contributed by atoms with van der Waals surface area (Å²) in [4.78, 5) is 28.0. The summed E-state index contributed by atoms with van der Waals surface area (Å²) >= 11 is 0. The van der Waals surface area contributed by atoms with Gasteiger partial charge in [0.2, 0.25) is 5.91 Å². The summed E-state index contributed by atoms with van der Waals surface area (Å²) in [5.74, 6) is 0.245. The first-order chi connectivity index (χ1) is 17.7. The van der Waals surface area contributed by atoms with E-state index in [0.717, 1.165) is 22.3 Å². The predicted molar refractivity (Wildman–Crippen MR) is 144 cm³/mol. The smallest absolute Gasteiger partial charge is 0.265 e. The van der Waals surface area contributed by atoms with Crippen molar-refractivity contribution < 1.29 is 18.7 Å². The highest BCUT2D eigenvalue weighted by Crippen LogP contribution is 2.38. The van der Waals surface area contributed by atoms with Crippen LogP contribution in [0.2, 0.25) is 0 Å². The maximum absolute atomic E-state index is 14.3. The van der Waals surface area contributed by atoms with Gasteiger partial charge >= 0.3 is 0 Å². The fraction of sp³-hybridized carbons (Fsp3) is 0.355. The van der Waals surface area contributed by atoms with Gasteiger partial charge in [-0.05, 0) is 78.8 Å². The van der Waals surface area contributed by atoms with Crippen molar-refractivity contribution >= 4 is 17.5 Å². The maximum atomic E-state index is 14.3. The Labute approximate surface area is 218 Å². The number of carbonyl (C=O) groups excluding carboxylic acids is 2. The van der Waals surface area contributed by atoms with Crippen molar-refractivity contribution in [1.29, 1.82) is 0 Å². The van der Waals surface area contributed by atoms with Crippen molar-refractivity contribution in [2.75, 3.05) is 11.9 Å². The van der Waals surface area contributed by atoms with Crippen molar-refractivity contribution in [2.45, 2.75) is 59.1 Å². The van der Waals surface area contributed by atoms with E-state index in [4.69, 9.17) is 4.74 Å². The quantitative estimate of drug-likeness (QED) is 0.385. The number of aryl methyl sites for hydroxylation is 1. The van der Waals surface area contributed by atoms with Crippen molar-refractivity contribution in [3.05, 3.63) is 94.8 Å². The molecule has 2 amide bonds. The molecule has 4 rings (SSSR count). The van der Waals surface area contributed by atoms with Crippen molar-refractivity contribution in [1.82, 2.24) is 4.90 Å². The minimum Gasteiger partial charge on any atom is -0.481 e. The van der Waals surface area contributed by atoms with E-state index < -0.39 is 12.1 Å². The van der Waals surface area contributed by atoms with Gasteiger partial charge in [-0.1, -0.05) is 56.7 Å². The zero-order chi connectivity index (χ0) is 26.5. The summed E-state index contributed by atoms with van der Waals surface area (Å²) < 4.78 is 20.4. The number of rotatable bonds is 8. The third-order valence-electron chi connectivity index (χ3n) is 6.67. The summed E-state index contributed by atoms with van der Waals surface area (Å²) in [6.07, 6.45) is 0.931. The molecule has 1 aliphatic heterocycles. The summed E-state index contributed by atoms with van der Waals surface area (Å²) in [5, 5.41) is 2.93. The van der Waals surface area contributed by atoms with Crippen LogP contribution in [0.1, 0.15) is 61.9 Å². The van der Waals surface area contributed by atoms with Crippen LogP contribution < -0.4 is 10.1 Å². The number of halogens is 1. The highest BCUT2D eigenvalue weighted by Gasteiger charge is 2.33. The van der Waals surface area contributed by atoms with Gasteiger partial charge in [0.05, 0.1) is 6.04 Å². The van der Waals surface area contributed by atoms with Gasteiger partial charge in [0.15, 0.2) is 6.10 Å². The Hall–Kier alpha value is -3.67. The molecule has 0 saturated carbocycles. The third-order valence-corrected chi connectivity index (χ3v) is 6.67. The first-order valence-corrected chi connectivity index (χ1v) is 13.0. The Kier molecular flexibility index (Phi) is 8.27. The number of hydrogen-bond acceptors (Lipinski definition) is 3. The summed E-state index contributed by atoms with van der Waals surface area (Å²) in [6.45, 7) is 8.50. The number of carbonyl (C=O) groups is 2. The number of nitrogens with one attached hydrogen (secondary N) is 1. The van der Waals surface area contributed by atoms with Crippen LogP contribution in [0.25, 0.3) is 0 Å². The molecule has 1 N–H and O–H groups in total. The SMILES string of the molecule is CC[C@H](Oc1ccc2c(c1)[C@H](c1cccc(F)c1)N(C(=O)CC(C)C)CC2)C(=O)Nc1ccc(C)cc1. The van der Waals surface area contributed by atoms with Crippen molar-refractivity contribution in [2.24, 2.45) is 5.92 Å². The van der Waals surface area contributed by atoms with Gasteiger partial charge in [-0.2, -0.15) is 0 Å². The van der Waals surface area contributed by atoms with Gasteiger partial charge in [-0.25, -0.2) is 4.39 Å². The van der Waals surface area contributed by atoms with E-state index in [1.807, 2.05) is 81.1 Å². The van der Waals surface area contributed by atoms with Gasteiger partial charge in [-0.3, -0.25) is 9.59 Å². The van der Waals surface area contributed by atoms with Crippen molar-refractivity contribution in [3.63, 3.8) is 0 Å². The number of amides is 2. The standard InChI is InChI=1S/C31H35FN2O3/c1-5-28(31(36)33-25-12-9-21(4)10-13-25)37-26-14-11-22-15-16-34(29(35)17-20(2)3)30(27(22)19-26)23-7-6-8-24(32)18-23/h6-14,18-20,28,30H,5,15-17H2,1-4H3,(H,33,36)/t28-,30-/m0/s1. The lowest BCUT2D eigenvalue weighted by Crippen LogP contribution is -2.41. The Morgan fingerprint density at radius 3 is 2.51 bits per heavy atom. The zero-order valence-electron chi connectivity index (χ0n) is 22.0. The molecule has 0 radical (unpaired) electrons. The van der Waals surface area contributed by atoms with Crippen LogP contribution in [-0.2, 0) is 16.0 Å². The van der Waals surface area contributed by atoms with E-state index in [1.54, 1.807) is 6.07 Å². The van der Waals surface area contributed by atoms with Crippen molar-refractivity contribution in [3.8, 4) is 5.75 Å². The molecular formula is C31H35FN2O3. The molecule has 1 aliphatic rings. The lowest BCUT2D eigenvalue weighted by molar-refractivity contribution is -0.134. The molecular weight excluding hydrogens is 467 g/mol. The molecule has 0 aromatic heterocycles. The normalized spacial score (nSPS) is 15.7. The molecule has 3 aromatic rings. The molecule has 0 aliphatic carbocycles.